The largest absolute Gasteiger partial charge is 0.823 e. The zero-order chi connectivity index (χ0) is 19.6. The molecule has 0 unspecified atom stereocenters. The number of rotatable bonds is 4. The van der Waals surface area contributed by atoms with E-state index in [2.05, 4.69) is 10.2 Å². The number of carbonyl (C=O) groups is 1. The van der Waals surface area contributed by atoms with Crippen LogP contribution in [0.2, 0.25) is 0 Å². The lowest BCUT2D eigenvalue weighted by Gasteiger charge is -2.54. The Labute approximate surface area is 154 Å². The highest BCUT2D eigenvalue weighted by Gasteiger charge is 2.50. The Morgan fingerprint density at radius 2 is 1.96 bits per heavy atom. The molecular weight excluding hydrogens is 358 g/mol. The van der Waals surface area contributed by atoms with Crippen molar-refractivity contribution in [1.82, 2.24) is 5.32 Å². The Morgan fingerprint density at radius 1 is 1.26 bits per heavy atom. The van der Waals surface area contributed by atoms with E-state index in [0.29, 0.717) is 5.39 Å². The molecule has 2 aromatic rings. The third kappa shape index (κ3) is 3.48. The summed E-state index contributed by atoms with van der Waals surface area (Å²) in [6.07, 6.45) is -7.49. The summed E-state index contributed by atoms with van der Waals surface area (Å²) in [7, 11) is 1.29. The van der Waals surface area contributed by atoms with Crippen LogP contribution in [0.4, 0.5) is 4.79 Å². The van der Waals surface area contributed by atoms with Crippen molar-refractivity contribution in [2.45, 2.75) is 30.2 Å². The fraction of sp³-hybridized carbons (Fsp3) is 0.389. The molecule has 5 atom stereocenters. The molecule has 9 nitrogen and oxygen atoms in total. The Hall–Kier alpha value is -2.27. The molecular formula is C18H20NO8-. The topological polar surface area (TPSA) is 141 Å². The second kappa shape index (κ2) is 7.77. The Balaban J connectivity index is 1.96. The molecule has 3 rings (SSSR count). The molecule has 4 N–H and O–H groups in total. The van der Waals surface area contributed by atoms with E-state index in [1.165, 1.54) is 13.1 Å². The zero-order valence-corrected chi connectivity index (χ0v) is 14.4. The van der Waals surface area contributed by atoms with Crippen LogP contribution in [0.15, 0.2) is 42.5 Å². The predicted octanol–water partition coefficient (Wildman–Crippen LogP) is -0.878. The van der Waals surface area contributed by atoms with E-state index in [9.17, 15) is 25.2 Å². The molecule has 1 amide bonds. The second-order valence-corrected chi connectivity index (χ2v) is 6.15. The summed E-state index contributed by atoms with van der Waals surface area (Å²) in [4.78, 5) is 20.4. The molecule has 1 saturated heterocycles. The van der Waals surface area contributed by atoms with E-state index in [0.717, 1.165) is 5.39 Å². The van der Waals surface area contributed by atoms with Crippen LogP contribution in [-0.4, -0.2) is 59.5 Å². The number of ether oxygens (including phenoxy) is 1. The van der Waals surface area contributed by atoms with Crippen molar-refractivity contribution in [3.05, 3.63) is 48.0 Å². The van der Waals surface area contributed by atoms with E-state index >= 15 is 0 Å². The van der Waals surface area contributed by atoms with Crippen LogP contribution in [0.3, 0.4) is 0 Å². The lowest BCUT2D eigenvalue weighted by molar-refractivity contribution is -0.611. The van der Waals surface area contributed by atoms with E-state index in [1.54, 1.807) is 36.4 Å². The molecule has 1 heterocycles. The standard InChI is InChI=1S/C18H20NO8/c1-19-17(23)27-26-15-13(9-20)25-18(24,16(22)14(15)21)12-8-4-6-10-5-2-3-7-11(10)12/h2-8,13-16,20-22H,9H2,1H3,(H,19,23)/q-1/t13-,14+,15-,16-,18-/m1/s1. The maximum absolute atomic E-state index is 13.5. The Bertz CT molecular complexity index is 808. The summed E-state index contributed by atoms with van der Waals surface area (Å²) in [5, 5.41) is 47.4. The van der Waals surface area contributed by atoms with Crippen molar-refractivity contribution >= 4 is 16.9 Å². The molecule has 0 spiro atoms. The summed E-state index contributed by atoms with van der Waals surface area (Å²) in [6.45, 7) is -0.708. The Morgan fingerprint density at radius 3 is 2.67 bits per heavy atom. The van der Waals surface area contributed by atoms with Crippen LogP contribution in [-0.2, 0) is 20.3 Å². The van der Waals surface area contributed by atoms with E-state index < -0.39 is 42.9 Å². The predicted molar refractivity (Wildman–Crippen MR) is 90.0 cm³/mol. The van der Waals surface area contributed by atoms with Gasteiger partial charge in [0.05, 0.1) is 12.4 Å². The maximum atomic E-state index is 13.5. The fourth-order valence-electron chi connectivity index (χ4n) is 3.14. The number of benzene rings is 2. The highest BCUT2D eigenvalue weighted by molar-refractivity contribution is 5.86. The number of carbonyl (C=O) groups excluding carboxylic acids is 1. The summed E-state index contributed by atoms with van der Waals surface area (Å²) in [6, 6.07) is 11.9. The molecule has 146 valence electrons. The van der Waals surface area contributed by atoms with Gasteiger partial charge < -0.3 is 30.5 Å². The van der Waals surface area contributed by atoms with Gasteiger partial charge in [0.15, 0.2) is 6.10 Å². The first kappa shape index (κ1) is 19.5. The highest BCUT2D eigenvalue weighted by Crippen LogP contribution is 2.38. The summed E-state index contributed by atoms with van der Waals surface area (Å²) >= 11 is 0. The molecule has 27 heavy (non-hydrogen) atoms. The Kier molecular flexibility index (Phi) is 5.61. The van der Waals surface area contributed by atoms with Gasteiger partial charge in [-0.1, -0.05) is 42.5 Å². The van der Waals surface area contributed by atoms with Gasteiger partial charge in [0.25, 0.3) is 0 Å². The maximum Gasteiger partial charge on any atom is 0.438 e. The summed E-state index contributed by atoms with van der Waals surface area (Å²) < 4.78 is 5.43. The highest BCUT2D eigenvalue weighted by atomic mass is 17.2. The third-order valence-corrected chi connectivity index (χ3v) is 4.53. The number of hydrogen-bond acceptors (Lipinski definition) is 8. The van der Waals surface area contributed by atoms with Crippen molar-refractivity contribution < 1.29 is 39.7 Å². The molecule has 1 aliphatic rings. The number of amides is 1. The van der Waals surface area contributed by atoms with Gasteiger partial charge in [-0.05, 0) is 16.3 Å². The van der Waals surface area contributed by atoms with Crippen LogP contribution >= 0.6 is 0 Å². The molecule has 0 saturated carbocycles. The van der Waals surface area contributed by atoms with Crippen molar-refractivity contribution in [1.29, 1.82) is 0 Å². The molecule has 0 radical (unpaired) electrons. The van der Waals surface area contributed by atoms with Crippen LogP contribution < -0.4 is 10.4 Å². The van der Waals surface area contributed by atoms with Gasteiger partial charge in [-0.2, -0.15) is 4.89 Å². The first-order valence-corrected chi connectivity index (χ1v) is 8.31. The van der Waals surface area contributed by atoms with E-state index in [-0.39, 0.29) is 5.56 Å². The van der Waals surface area contributed by atoms with Crippen LogP contribution in [0.5, 0.6) is 0 Å². The summed E-state index contributed by atoms with van der Waals surface area (Å²) in [5.74, 6) is -2.57. The number of hydrogen-bond donors (Lipinski definition) is 4. The minimum absolute atomic E-state index is 0.108. The normalized spacial score (nSPS) is 30.9. The quantitative estimate of drug-likeness (QED) is 0.397. The van der Waals surface area contributed by atoms with Gasteiger partial charge in [0.1, 0.15) is 18.3 Å². The van der Waals surface area contributed by atoms with E-state index in [4.69, 9.17) is 9.62 Å². The summed E-state index contributed by atoms with van der Waals surface area (Å²) in [5.41, 5.74) is 0.108. The van der Waals surface area contributed by atoms with Gasteiger partial charge in [0.2, 0.25) is 0 Å². The molecule has 1 aliphatic heterocycles. The number of aliphatic hydroxyl groups excluding tert-OH is 3. The average Bonchev–Trinajstić information content (AvgIpc) is 2.70. The van der Waals surface area contributed by atoms with Crippen molar-refractivity contribution in [2.75, 3.05) is 13.7 Å². The van der Waals surface area contributed by atoms with Crippen LogP contribution in [0.1, 0.15) is 5.56 Å². The van der Waals surface area contributed by atoms with Gasteiger partial charge in [-0.3, -0.25) is 4.89 Å². The number of nitrogens with one attached hydrogen (secondary N) is 1. The molecule has 1 fully saturated rings. The first-order chi connectivity index (χ1) is 12.9. The molecule has 2 aromatic carbocycles. The molecule has 0 aromatic heterocycles. The van der Waals surface area contributed by atoms with Gasteiger partial charge in [0, 0.05) is 7.05 Å². The van der Waals surface area contributed by atoms with Crippen molar-refractivity contribution in [2.24, 2.45) is 0 Å². The van der Waals surface area contributed by atoms with Gasteiger partial charge >= 0.3 is 6.09 Å². The average molecular weight is 378 g/mol. The fourth-order valence-corrected chi connectivity index (χ4v) is 3.14. The zero-order valence-electron chi connectivity index (χ0n) is 14.4. The molecule has 9 heteroatoms. The monoisotopic (exact) mass is 378 g/mol. The second-order valence-electron chi connectivity index (χ2n) is 6.15. The first-order valence-electron chi connectivity index (χ1n) is 8.31. The van der Waals surface area contributed by atoms with Crippen molar-refractivity contribution in [3.63, 3.8) is 0 Å². The van der Waals surface area contributed by atoms with Gasteiger partial charge in [-0.15, -0.1) is 0 Å². The molecule has 0 aliphatic carbocycles. The van der Waals surface area contributed by atoms with Crippen LogP contribution in [0, 0.1) is 0 Å². The number of aliphatic hydroxyl groups is 3. The molecule has 0 bridgehead atoms. The third-order valence-electron chi connectivity index (χ3n) is 4.53. The lowest BCUT2D eigenvalue weighted by atomic mass is 9.86. The SMILES string of the molecule is CNC(=O)OO[C@H]1[C@H](O)[C@@H](O)[C@@]([O-])(c2cccc3ccccc23)O[C@@H]1CO. The minimum Gasteiger partial charge on any atom is -0.823 e. The van der Waals surface area contributed by atoms with E-state index in [1.807, 2.05) is 0 Å². The lowest BCUT2D eigenvalue weighted by Crippen LogP contribution is -2.69. The van der Waals surface area contributed by atoms with Gasteiger partial charge in [-0.25, -0.2) is 4.79 Å². The smallest absolute Gasteiger partial charge is 0.438 e. The minimum atomic E-state index is -2.57. The number of fused-ring (bicyclic) bond motifs is 1. The van der Waals surface area contributed by atoms with Crippen LogP contribution in [0.25, 0.3) is 10.8 Å². The van der Waals surface area contributed by atoms with Crippen molar-refractivity contribution in [3.8, 4) is 0 Å².